The average Bonchev–Trinajstić information content (AvgIpc) is 3.34. The number of carbonyl (C=O) groups is 3. The maximum atomic E-state index is 13.7. The molecule has 2 heterocycles. The Kier molecular flexibility index (Phi) is 11.1. The molecule has 0 saturated carbocycles. The van der Waals surface area contributed by atoms with Crippen LogP contribution in [0, 0.1) is 11.8 Å². The van der Waals surface area contributed by atoms with Gasteiger partial charge >= 0.3 is 0 Å². The van der Waals surface area contributed by atoms with Crippen LogP contribution in [0.1, 0.15) is 81.4 Å². The van der Waals surface area contributed by atoms with Crippen molar-refractivity contribution in [2.24, 2.45) is 11.8 Å². The Bertz CT molecular complexity index is 861. The van der Waals surface area contributed by atoms with E-state index in [2.05, 4.69) is 20.5 Å². The number of nitrogens with one attached hydrogen (secondary N) is 2. The van der Waals surface area contributed by atoms with Crippen LogP contribution in [0.15, 0.2) is 5.38 Å². The number of amides is 3. The Hall–Kier alpha value is -2.04. The molecular weight excluding hydrogens is 466 g/mol. The van der Waals surface area contributed by atoms with E-state index in [1.54, 1.807) is 17.3 Å². The summed E-state index contributed by atoms with van der Waals surface area (Å²) in [5.41, 5.74) is 0.268. The van der Waals surface area contributed by atoms with Gasteiger partial charge in [-0.2, -0.15) is 0 Å². The van der Waals surface area contributed by atoms with Crippen LogP contribution in [0.3, 0.4) is 0 Å². The average molecular weight is 510 g/mol. The summed E-state index contributed by atoms with van der Waals surface area (Å²) in [5, 5.41) is 18.5. The predicted molar refractivity (Wildman–Crippen MR) is 138 cm³/mol. The minimum absolute atomic E-state index is 0.0328. The number of aliphatic hydroxyl groups excluding tert-OH is 1. The summed E-state index contributed by atoms with van der Waals surface area (Å²) in [6.07, 6.45) is 3.02. The summed E-state index contributed by atoms with van der Waals surface area (Å²) >= 11 is 1.23. The number of hydrogen-bond donors (Lipinski definition) is 3. The molecule has 1 aromatic heterocycles. The summed E-state index contributed by atoms with van der Waals surface area (Å²) in [6.45, 7) is 8.89. The highest BCUT2D eigenvalue weighted by Gasteiger charge is 2.36. The molecule has 9 nitrogen and oxygen atoms in total. The van der Waals surface area contributed by atoms with Gasteiger partial charge in [0.2, 0.25) is 11.8 Å². The summed E-state index contributed by atoms with van der Waals surface area (Å²) in [6, 6.07) is -1.12. The monoisotopic (exact) mass is 509 g/mol. The Balaban J connectivity index is 2.16. The van der Waals surface area contributed by atoms with E-state index in [4.69, 9.17) is 0 Å². The van der Waals surface area contributed by atoms with Crippen molar-refractivity contribution < 1.29 is 19.5 Å². The topological polar surface area (TPSA) is 115 Å². The fraction of sp³-hybridized carbons (Fsp3) is 0.760. The van der Waals surface area contributed by atoms with Gasteiger partial charge in [0.15, 0.2) is 0 Å². The SMILES string of the molecule is CC[C@H](C)[C@H](NC(=O)[C@H]1CCCCN1C)C(=O)N(C)[C@H](C[C@@H](O)c1nc(C(=O)NC)cs1)C(C)C. The Labute approximate surface area is 213 Å². The van der Waals surface area contributed by atoms with Gasteiger partial charge in [-0.3, -0.25) is 19.3 Å². The van der Waals surface area contributed by atoms with Gasteiger partial charge in [-0.15, -0.1) is 11.3 Å². The summed E-state index contributed by atoms with van der Waals surface area (Å²) in [5.74, 6) is -0.514. The van der Waals surface area contributed by atoms with Gasteiger partial charge in [-0.25, -0.2) is 4.98 Å². The quantitative estimate of drug-likeness (QED) is 0.422. The zero-order chi connectivity index (χ0) is 26.3. The first-order valence-corrected chi connectivity index (χ1v) is 13.5. The predicted octanol–water partition coefficient (Wildman–Crippen LogP) is 2.42. The molecule has 1 saturated heterocycles. The second-order valence-corrected chi connectivity index (χ2v) is 10.9. The van der Waals surface area contributed by atoms with E-state index in [9.17, 15) is 19.5 Å². The number of aromatic nitrogens is 1. The molecule has 0 aromatic carbocycles. The lowest BCUT2D eigenvalue weighted by Crippen LogP contribution is -2.58. The van der Waals surface area contributed by atoms with Crippen LogP contribution in [-0.2, 0) is 9.59 Å². The van der Waals surface area contributed by atoms with Crippen LogP contribution in [0.2, 0.25) is 0 Å². The number of rotatable bonds is 11. The molecule has 1 fully saturated rings. The van der Waals surface area contributed by atoms with Gasteiger partial charge in [0.25, 0.3) is 5.91 Å². The van der Waals surface area contributed by atoms with Crippen LogP contribution in [0.5, 0.6) is 0 Å². The Morgan fingerprint density at radius 2 is 1.97 bits per heavy atom. The number of piperidine rings is 1. The van der Waals surface area contributed by atoms with Crippen molar-refractivity contribution >= 4 is 29.1 Å². The molecule has 2 rings (SSSR count). The highest BCUT2D eigenvalue weighted by atomic mass is 32.1. The first-order valence-electron chi connectivity index (χ1n) is 12.6. The molecule has 10 heteroatoms. The van der Waals surface area contributed by atoms with Crippen molar-refractivity contribution in [1.82, 2.24) is 25.4 Å². The number of nitrogens with zero attached hydrogens (tertiary/aromatic N) is 3. The molecule has 3 amide bonds. The molecule has 5 atom stereocenters. The van der Waals surface area contributed by atoms with Gasteiger partial charge in [0, 0.05) is 31.9 Å². The van der Waals surface area contributed by atoms with Crippen molar-refractivity contribution in [3.63, 3.8) is 0 Å². The second kappa shape index (κ2) is 13.3. The molecular formula is C25H43N5O4S. The molecule has 0 unspecified atom stereocenters. The van der Waals surface area contributed by atoms with E-state index in [0.29, 0.717) is 5.01 Å². The van der Waals surface area contributed by atoms with Crippen molar-refractivity contribution in [2.45, 2.75) is 84.0 Å². The molecule has 1 aliphatic heterocycles. The van der Waals surface area contributed by atoms with Crippen molar-refractivity contribution in [2.75, 3.05) is 27.7 Å². The third-order valence-electron chi connectivity index (χ3n) is 7.20. The highest BCUT2D eigenvalue weighted by Crippen LogP contribution is 2.28. The lowest BCUT2D eigenvalue weighted by molar-refractivity contribution is -0.141. The van der Waals surface area contributed by atoms with E-state index in [1.165, 1.54) is 18.4 Å². The van der Waals surface area contributed by atoms with Crippen molar-refractivity contribution in [1.29, 1.82) is 0 Å². The van der Waals surface area contributed by atoms with Crippen LogP contribution in [0.25, 0.3) is 0 Å². The van der Waals surface area contributed by atoms with E-state index in [0.717, 1.165) is 32.2 Å². The fourth-order valence-corrected chi connectivity index (χ4v) is 5.40. The lowest BCUT2D eigenvalue weighted by Gasteiger charge is -2.38. The number of hydrogen-bond acceptors (Lipinski definition) is 7. The molecule has 3 N–H and O–H groups in total. The molecule has 35 heavy (non-hydrogen) atoms. The van der Waals surface area contributed by atoms with Crippen LogP contribution in [0.4, 0.5) is 0 Å². The van der Waals surface area contributed by atoms with E-state index < -0.39 is 12.1 Å². The Morgan fingerprint density at radius 3 is 2.54 bits per heavy atom. The summed E-state index contributed by atoms with van der Waals surface area (Å²) in [4.78, 5) is 46.6. The number of likely N-dealkylation sites (N-methyl/N-ethyl adjacent to an activating group) is 2. The number of likely N-dealkylation sites (tertiary alicyclic amines) is 1. The summed E-state index contributed by atoms with van der Waals surface area (Å²) < 4.78 is 0. The minimum atomic E-state index is -0.909. The van der Waals surface area contributed by atoms with Gasteiger partial charge in [-0.05, 0) is 38.3 Å². The lowest BCUT2D eigenvalue weighted by atomic mass is 9.92. The smallest absolute Gasteiger partial charge is 0.270 e. The minimum Gasteiger partial charge on any atom is -0.386 e. The third kappa shape index (κ3) is 7.47. The zero-order valence-corrected chi connectivity index (χ0v) is 23.0. The molecule has 0 bridgehead atoms. The molecule has 1 aromatic rings. The first-order chi connectivity index (χ1) is 16.5. The number of thiazole rings is 1. The van der Waals surface area contributed by atoms with Gasteiger partial charge < -0.3 is 20.6 Å². The van der Waals surface area contributed by atoms with E-state index in [-0.39, 0.29) is 53.8 Å². The third-order valence-corrected chi connectivity index (χ3v) is 8.14. The number of carbonyl (C=O) groups excluding carboxylic acids is 3. The largest absolute Gasteiger partial charge is 0.386 e. The Morgan fingerprint density at radius 1 is 1.29 bits per heavy atom. The van der Waals surface area contributed by atoms with Crippen molar-refractivity contribution in [3.8, 4) is 0 Å². The summed E-state index contributed by atoms with van der Waals surface area (Å²) in [7, 11) is 5.23. The fourth-order valence-electron chi connectivity index (χ4n) is 4.60. The van der Waals surface area contributed by atoms with Crippen LogP contribution in [-0.4, -0.2) is 83.4 Å². The van der Waals surface area contributed by atoms with Gasteiger partial charge in [0.05, 0.1) is 6.04 Å². The molecule has 0 spiro atoms. The van der Waals surface area contributed by atoms with Gasteiger partial charge in [-0.1, -0.05) is 40.5 Å². The molecule has 0 aliphatic carbocycles. The molecule has 1 aliphatic rings. The first kappa shape index (κ1) is 29.2. The number of aliphatic hydroxyl groups is 1. The standard InChI is InChI=1S/C25H43N5O4S/c1-8-16(4)21(28-23(33)18-11-9-10-12-29(18)6)25(34)30(7)19(15(2)3)13-20(31)24-27-17(14-35-24)22(32)26-5/h14-16,18-21,31H,8-13H2,1-7H3,(H,26,32)(H,28,33)/t16-,18+,19+,20+,21-/m0/s1. The second-order valence-electron chi connectivity index (χ2n) is 10.0. The van der Waals surface area contributed by atoms with Crippen LogP contribution >= 0.6 is 11.3 Å². The van der Waals surface area contributed by atoms with Crippen LogP contribution < -0.4 is 10.6 Å². The van der Waals surface area contributed by atoms with Crippen molar-refractivity contribution in [3.05, 3.63) is 16.1 Å². The highest BCUT2D eigenvalue weighted by molar-refractivity contribution is 7.09. The van der Waals surface area contributed by atoms with E-state index in [1.807, 2.05) is 34.7 Å². The maximum Gasteiger partial charge on any atom is 0.270 e. The zero-order valence-electron chi connectivity index (χ0n) is 22.2. The molecule has 0 radical (unpaired) electrons. The van der Waals surface area contributed by atoms with Gasteiger partial charge in [0.1, 0.15) is 22.8 Å². The maximum absolute atomic E-state index is 13.7. The molecule has 198 valence electrons. The van der Waals surface area contributed by atoms with E-state index >= 15 is 0 Å². The normalized spacial score (nSPS) is 20.1.